The van der Waals surface area contributed by atoms with E-state index in [0.717, 1.165) is 31.7 Å². The van der Waals surface area contributed by atoms with E-state index in [2.05, 4.69) is 60.2 Å². The average molecular weight is 271 g/mol. The number of benzene rings is 1. The number of nitrogens with one attached hydrogen (secondary N) is 1. The molecule has 0 bridgehead atoms. The Labute approximate surface area is 122 Å². The van der Waals surface area contributed by atoms with E-state index in [1.165, 1.54) is 10.9 Å². The molecule has 0 saturated carbocycles. The van der Waals surface area contributed by atoms with Crippen LogP contribution in [0.4, 0.5) is 0 Å². The molecule has 0 spiro atoms. The molecule has 1 aromatic heterocycles. The number of aromatic nitrogens is 1. The molecule has 2 aromatic rings. The van der Waals surface area contributed by atoms with E-state index in [9.17, 15) is 0 Å². The van der Waals surface area contributed by atoms with Crippen LogP contribution in [-0.2, 0) is 6.54 Å². The third kappa shape index (κ3) is 4.29. The van der Waals surface area contributed by atoms with Crippen LogP contribution in [0.2, 0.25) is 0 Å². The van der Waals surface area contributed by atoms with Crippen molar-refractivity contribution in [2.45, 2.75) is 33.4 Å². The van der Waals surface area contributed by atoms with E-state index < -0.39 is 0 Å². The van der Waals surface area contributed by atoms with Crippen LogP contribution in [0.25, 0.3) is 10.9 Å². The van der Waals surface area contributed by atoms with Crippen molar-refractivity contribution in [3.8, 4) is 0 Å². The third-order valence-electron chi connectivity index (χ3n) is 3.50. The second kappa shape index (κ2) is 7.36. The Bertz CT molecular complexity index is 537. The standard InChI is InChI=1S/C17H25N3/c1-4-20(11-10-18-14(2)3)13-15-7-8-17-16(12-15)6-5-9-19-17/h5-9,12,14,18H,4,10-11,13H2,1-3H3. The lowest BCUT2D eigenvalue weighted by atomic mass is 10.1. The molecule has 0 aliphatic heterocycles. The minimum Gasteiger partial charge on any atom is -0.313 e. The molecule has 20 heavy (non-hydrogen) atoms. The maximum atomic E-state index is 4.37. The van der Waals surface area contributed by atoms with Crippen molar-refractivity contribution in [3.63, 3.8) is 0 Å². The minimum absolute atomic E-state index is 0.556. The Balaban J connectivity index is 1.98. The lowest BCUT2D eigenvalue weighted by Crippen LogP contribution is -2.34. The second-order valence-corrected chi connectivity index (χ2v) is 5.51. The molecule has 1 N–H and O–H groups in total. The van der Waals surface area contributed by atoms with Crippen LogP contribution >= 0.6 is 0 Å². The molecule has 0 radical (unpaired) electrons. The van der Waals surface area contributed by atoms with Gasteiger partial charge in [0.1, 0.15) is 0 Å². The summed E-state index contributed by atoms with van der Waals surface area (Å²) in [5, 5.41) is 4.70. The van der Waals surface area contributed by atoms with Crippen molar-refractivity contribution in [1.82, 2.24) is 15.2 Å². The summed E-state index contributed by atoms with van der Waals surface area (Å²) < 4.78 is 0. The van der Waals surface area contributed by atoms with Gasteiger partial charge in [0, 0.05) is 37.3 Å². The van der Waals surface area contributed by atoms with Gasteiger partial charge in [0.15, 0.2) is 0 Å². The van der Waals surface area contributed by atoms with Gasteiger partial charge in [-0.25, -0.2) is 0 Å². The highest BCUT2D eigenvalue weighted by molar-refractivity contribution is 5.78. The van der Waals surface area contributed by atoms with Gasteiger partial charge in [-0.1, -0.05) is 32.9 Å². The van der Waals surface area contributed by atoms with Crippen molar-refractivity contribution in [3.05, 3.63) is 42.1 Å². The van der Waals surface area contributed by atoms with Crippen molar-refractivity contribution in [2.75, 3.05) is 19.6 Å². The third-order valence-corrected chi connectivity index (χ3v) is 3.50. The first kappa shape index (κ1) is 14.9. The lowest BCUT2D eigenvalue weighted by Gasteiger charge is -2.21. The normalized spacial score (nSPS) is 11.7. The fourth-order valence-corrected chi connectivity index (χ4v) is 2.34. The van der Waals surface area contributed by atoms with Crippen LogP contribution in [0.1, 0.15) is 26.3 Å². The highest BCUT2D eigenvalue weighted by Gasteiger charge is 2.05. The fraction of sp³-hybridized carbons (Fsp3) is 0.471. The number of rotatable bonds is 7. The second-order valence-electron chi connectivity index (χ2n) is 5.51. The maximum absolute atomic E-state index is 4.37. The van der Waals surface area contributed by atoms with E-state index in [0.29, 0.717) is 6.04 Å². The highest BCUT2D eigenvalue weighted by atomic mass is 15.1. The summed E-state index contributed by atoms with van der Waals surface area (Å²) >= 11 is 0. The topological polar surface area (TPSA) is 28.2 Å². The van der Waals surface area contributed by atoms with Crippen LogP contribution in [0, 0.1) is 0 Å². The zero-order chi connectivity index (χ0) is 14.4. The molecule has 1 aromatic carbocycles. The maximum Gasteiger partial charge on any atom is 0.0702 e. The number of likely N-dealkylation sites (N-methyl/N-ethyl adjacent to an activating group) is 1. The van der Waals surface area contributed by atoms with E-state index in [1.807, 2.05) is 12.3 Å². The lowest BCUT2D eigenvalue weighted by molar-refractivity contribution is 0.276. The van der Waals surface area contributed by atoms with Crippen LogP contribution in [0.3, 0.4) is 0 Å². The quantitative estimate of drug-likeness (QED) is 0.839. The van der Waals surface area contributed by atoms with Gasteiger partial charge >= 0.3 is 0 Å². The molecular weight excluding hydrogens is 246 g/mol. The molecule has 0 amide bonds. The summed E-state index contributed by atoms with van der Waals surface area (Å²) in [5.74, 6) is 0. The fourth-order valence-electron chi connectivity index (χ4n) is 2.34. The number of pyridine rings is 1. The molecule has 3 heteroatoms. The molecule has 3 nitrogen and oxygen atoms in total. The Morgan fingerprint density at radius 1 is 1.25 bits per heavy atom. The van der Waals surface area contributed by atoms with E-state index in [4.69, 9.17) is 0 Å². The molecule has 1 heterocycles. The smallest absolute Gasteiger partial charge is 0.0702 e. The first-order chi connectivity index (χ1) is 9.69. The Morgan fingerprint density at radius 3 is 2.85 bits per heavy atom. The van der Waals surface area contributed by atoms with E-state index >= 15 is 0 Å². The molecular formula is C17H25N3. The largest absolute Gasteiger partial charge is 0.313 e. The van der Waals surface area contributed by atoms with Crippen LogP contribution in [-0.4, -0.2) is 35.6 Å². The van der Waals surface area contributed by atoms with Gasteiger partial charge in [-0.15, -0.1) is 0 Å². The van der Waals surface area contributed by atoms with Crippen molar-refractivity contribution in [2.24, 2.45) is 0 Å². The summed E-state index contributed by atoms with van der Waals surface area (Å²) in [7, 11) is 0. The average Bonchev–Trinajstić information content (AvgIpc) is 2.45. The summed E-state index contributed by atoms with van der Waals surface area (Å²) in [4.78, 5) is 6.83. The molecule has 0 aliphatic rings. The van der Waals surface area contributed by atoms with Crippen LogP contribution in [0.15, 0.2) is 36.5 Å². The number of nitrogens with zero attached hydrogens (tertiary/aromatic N) is 2. The molecule has 0 fully saturated rings. The predicted molar refractivity (Wildman–Crippen MR) is 85.8 cm³/mol. The van der Waals surface area contributed by atoms with Crippen molar-refractivity contribution < 1.29 is 0 Å². The van der Waals surface area contributed by atoms with Crippen molar-refractivity contribution >= 4 is 10.9 Å². The van der Waals surface area contributed by atoms with Gasteiger partial charge in [0.25, 0.3) is 0 Å². The number of hydrogen-bond acceptors (Lipinski definition) is 3. The molecule has 0 saturated heterocycles. The van der Waals surface area contributed by atoms with Gasteiger partial charge in [0.05, 0.1) is 5.52 Å². The van der Waals surface area contributed by atoms with Gasteiger partial charge < -0.3 is 5.32 Å². The zero-order valence-electron chi connectivity index (χ0n) is 12.8. The van der Waals surface area contributed by atoms with E-state index in [1.54, 1.807) is 0 Å². The first-order valence-corrected chi connectivity index (χ1v) is 7.48. The SMILES string of the molecule is CCN(CCNC(C)C)Cc1ccc2ncccc2c1. The first-order valence-electron chi connectivity index (χ1n) is 7.48. The Kier molecular flexibility index (Phi) is 5.50. The zero-order valence-corrected chi connectivity index (χ0v) is 12.8. The number of hydrogen-bond donors (Lipinski definition) is 1. The molecule has 0 atom stereocenters. The summed E-state index contributed by atoms with van der Waals surface area (Å²) in [6.45, 7) is 10.8. The molecule has 0 unspecified atom stereocenters. The minimum atomic E-state index is 0.556. The van der Waals surface area contributed by atoms with E-state index in [-0.39, 0.29) is 0 Å². The molecule has 2 rings (SSSR count). The van der Waals surface area contributed by atoms with Crippen LogP contribution in [0.5, 0.6) is 0 Å². The highest BCUT2D eigenvalue weighted by Crippen LogP contribution is 2.14. The van der Waals surface area contributed by atoms with Gasteiger partial charge in [-0.2, -0.15) is 0 Å². The molecule has 0 aliphatic carbocycles. The van der Waals surface area contributed by atoms with Crippen LogP contribution < -0.4 is 5.32 Å². The van der Waals surface area contributed by atoms with Gasteiger partial charge in [0.2, 0.25) is 0 Å². The molecule has 108 valence electrons. The monoisotopic (exact) mass is 271 g/mol. The Hall–Kier alpha value is -1.45. The number of fused-ring (bicyclic) bond motifs is 1. The predicted octanol–water partition coefficient (Wildman–Crippen LogP) is 3.05. The van der Waals surface area contributed by atoms with Gasteiger partial charge in [-0.3, -0.25) is 9.88 Å². The Morgan fingerprint density at radius 2 is 2.10 bits per heavy atom. The summed E-state index contributed by atoms with van der Waals surface area (Å²) in [6, 6.07) is 11.2. The summed E-state index contributed by atoms with van der Waals surface area (Å²) in [5.41, 5.74) is 2.43. The summed E-state index contributed by atoms with van der Waals surface area (Å²) in [6.07, 6.45) is 1.85. The van der Waals surface area contributed by atoms with Crippen molar-refractivity contribution in [1.29, 1.82) is 0 Å². The van der Waals surface area contributed by atoms with Gasteiger partial charge in [-0.05, 0) is 30.3 Å².